The summed E-state index contributed by atoms with van der Waals surface area (Å²) in [5.74, 6) is 0.114. The summed E-state index contributed by atoms with van der Waals surface area (Å²) < 4.78 is 20.6. The lowest BCUT2D eigenvalue weighted by Crippen LogP contribution is -2.53. The minimum Gasteiger partial charge on any atom is -0.378 e. The molecule has 2 aliphatic rings. The summed E-state index contributed by atoms with van der Waals surface area (Å²) in [7, 11) is 0. The topological polar surface area (TPSA) is 70.9 Å². The summed E-state index contributed by atoms with van der Waals surface area (Å²) >= 11 is 1.34. The number of nitrogens with zero attached hydrogens (tertiary/aromatic N) is 5. The Kier molecular flexibility index (Phi) is 7.21. The van der Waals surface area contributed by atoms with E-state index in [1.807, 2.05) is 9.80 Å². The lowest BCUT2D eigenvalue weighted by molar-refractivity contribution is -0.137. The van der Waals surface area contributed by atoms with Gasteiger partial charge in [0.1, 0.15) is 5.82 Å². The fraction of sp³-hybridized carbons (Fsp3) is 0.476. The van der Waals surface area contributed by atoms with Gasteiger partial charge in [0.25, 0.3) is 0 Å². The van der Waals surface area contributed by atoms with Crippen molar-refractivity contribution in [1.29, 1.82) is 0 Å². The van der Waals surface area contributed by atoms with E-state index in [2.05, 4.69) is 9.88 Å². The van der Waals surface area contributed by atoms with Gasteiger partial charge in [0.05, 0.1) is 31.2 Å². The Morgan fingerprint density at radius 3 is 2.52 bits per heavy atom. The van der Waals surface area contributed by atoms with E-state index in [1.54, 1.807) is 29.1 Å². The van der Waals surface area contributed by atoms with E-state index in [0.717, 1.165) is 0 Å². The highest BCUT2D eigenvalue weighted by molar-refractivity contribution is 7.99. The van der Waals surface area contributed by atoms with E-state index in [0.29, 0.717) is 69.9 Å². The summed E-state index contributed by atoms with van der Waals surface area (Å²) in [5, 5.41) is 0.647. The van der Waals surface area contributed by atoms with Gasteiger partial charge >= 0.3 is 0 Å². The van der Waals surface area contributed by atoms with Crippen LogP contribution in [-0.4, -0.2) is 101 Å². The van der Waals surface area contributed by atoms with Crippen LogP contribution in [0, 0.1) is 5.82 Å². The minimum atomic E-state index is -0.316. The fourth-order valence-electron chi connectivity index (χ4n) is 3.70. The van der Waals surface area contributed by atoms with Crippen LogP contribution in [0.4, 0.5) is 4.39 Å². The van der Waals surface area contributed by atoms with Gasteiger partial charge in [-0.05, 0) is 18.2 Å². The van der Waals surface area contributed by atoms with E-state index in [1.165, 1.54) is 23.9 Å². The Bertz CT molecular complexity index is 910. The van der Waals surface area contributed by atoms with Crippen LogP contribution < -0.4 is 0 Å². The van der Waals surface area contributed by atoms with Crippen molar-refractivity contribution < 1.29 is 18.7 Å². The van der Waals surface area contributed by atoms with Crippen molar-refractivity contribution in [2.24, 2.45) is 0 Å². The van der Waals surface area contributed by atoms with Crippen LogP contribution in [0.1, 0.15) is 0 Å². The fourth-order valence-corrected chi connectivity index (χ4v) is 4.57. The number of halogens is 1. The Balaban J connectivity index is 1.24. The molecule has 2 aliphatic heterocycles. The molecule has 2 saturated heterocycles. The molecule has 3 heterocycles. The highest BCUT2D eigenvalue weighted by atomic mass is 32.2. The molecule has 4 rings (SSSR count). The van der Waals surface area contributed by atoms with Crippen molar-refractivity contribution in [2.45, 2.75) is 5.16 Å². The van der Waals surface area contributed by atoms with Crippen molar-refractivity contribution in [3.8, 4) is 5.69 Å². The zero-order chi connectivity index (χ0) is 21.6. The summed E-state index contributed by atoms with van der Waals surface area (Å²) in [6, 6.07) is 6.28. The zero-order valence-electron chi connectivity index (χ0n) is 17.3. The molecule has 0 radical (unpaired) electrons. The first-order valence-electron chi connectivity index (χ1n) is 10.4. The van der Waals surface area contributed by atoms with Crippen LogP contribution in [0.3, 0.4) is 0 Å². The van der Waals surface area contributed by atoms with Crippen LogP contribution in [0.2, 0.25) is 0 Å². The lowest BCUT2D eigenvalue weighted by Gasteiger charge is -2.36. The van der Waals surface area contributed by atoms with E-state index in [4.69, 9.17) is 4.74 Å². The van der Waals surface area contributed by atoms with Crippen LogP contribution in [0.25, 0.3) is 5.69 Å². The Morgan fingerprint density at radius 2 is 1.77 bits per heavy atom. The maximum atomic E-state index is 13.5. The standard InChI is InChI=1S/C21H26FN5O3S/c22-17-2-1-3-18(14-17)27-5-4-23-21(27)31-16-20(29)25-8-6-24(7-9-25)15-19(28)26-10-12-30-13-11-26/h1-5,14H,6-13,15-16H2. The molecule has 8 nitrogen and oxygen atoms in total. The maximum Gasteiger partial charge on any atom is 0.236 e. The number of imidazole rings is 1. The highest BCUT2D eigenvalue weighted by Gasteiger charge is 2.25. The van der Waals surface area contributed by atoms with Gasteiger partial charge in [-0.25, -0.2) is 9.37 Å². The second-order valence-electron chi connectivity index (χ2n) is 7.50. The first-order valence-corrected chi connectivity index (χ1v) is 11.4. The van der Waals surface area contributed by atoms with Gasteiger partial charge in [0.2, 0.25) is 11.8 Å². The molecule has 31 heavy (non-hydrogen) atoms. The largest absolute Gasteiger partial charge is 0.378 e. The van der Waals surface area contributed by atoms with Gasteiger partial charge < -0.3 is 14.5 Å². The molecule has 166 valence electrons. The van der Waals surface area contributed by atoms with Crippen molar-refractivity contribution in [3.05, 3.63) is 42.5 Å². The molecule has 2 amide bonds. The molecule has 2 aromatic rings. The maximum absolute atomic E-state index is 13.5. The summed E-state index contributed by atoms with van der Waals surface area (Å²) in [6.07, 6.45) is 3.40. The van der Waals surface area contributed by atoms with Crippen molar-refractivity contribution in [2.75, 3.05) is 64.8 Å². The van der Waals surface area contributed by atoms with Gasteiger partial charge in [-0.2, -0.15) is 0 Å². The molecule has 0 atom stereocenters. The first-order chi connectivity index (χ1) is 15.1. The quantitative estimate of drug-likeness (QED) is 0.618. The average Bonchev–Trinajstić information content (AvgIpc) is 3.27. The third-order valence-corrected chi connectivity index (χ3v) is 6.42. The average molecular weight is 448 g/mol. The van der Waals surface area contributed by atoms with Crippen molar-refractivity contribution in [3.63, 3.8) is 0 Å². The van der Waals surface area contributed by atoms with E-state index >= 15 is 0 Å². The number of carbonyl (C=O) groups excluding carboxylic acids is 2. The second kappa shape index (κ2) is 10.3. The summed E-state index contributed by atoms with van der Waals surface area (Å²) in [6.45, 7) is 5.48. The van der Waals surface area contributed by atoms with Gasteiger partial charge in [0.15, 0.2) is 5.16 Å². The number of amides is 2. The molecule has 0 aliphatic carbocycles. The zero-order valence-corrected chi connectivity index (χ0v) is 18.1. The smallest absolute Gasteiger partial charge is 0.236 e. The van der Waals surface area contributed by atoms with E-state index < -0.39 is 0 Å². The van der Waals surface area contributed by atoms with Crippen molar-refractivity contribution >= 4 is 23.6 Å². The van der Waals surface area contributed by atoms with Crippen LogP contribution in [0.5, 0.6) is 0 Å². The van der Waals surface area contributed by atoms with Gasteiger partial charge in [-0.1, -0.05) is 17.8 Å². The molecule has 0 bridgehead atoms. The van der Waals surface area contributed by atoms with E-state index in [-0.39, 0.29) is 23.4 Å². The van der Waals surface area contributed by atoms with Gasteiger partial charge in [-0.3, -0.25) is 19.1 Å². The van der Waals surface area contributed by atoms with E-state index in [9.17, 15) is 14.0 Å². The molecule has 0 saturated carbocycles. The number of ether oxygens (including phenoxy) is 1. The predicted molar refractivity (Wildman–Crippen MR) is 115 cm³/mol. The van der Waals surface area contributed by atoms with Crippen LogP contribution in [-0.2, 0) is 14.3 Å². The molecular formula is C21H26FN5O3S. The second-order valence-corrected chi connectivity index (χ2v) is 8.44. The number of hydrogen-bond donors (Lipinski definition) is 0. The molecule has 1 aromatic heterocycles. The molecule has 0 unspecified atom stereocenters. The Morgan fingerprint density at radius 1 is 1.03 bits per heavy atom. The SMILES string of the molecule is O=C(CSc1nccn1-c1cccc(F)c1)N1CCN(CC(=O)N2CCOCC2)CC1. The molecule has 0 spiro atoms. The molecular weight excluding hydrogens is 421 g/mol. The van der Waals surface area contributed by atoms with Crippen molar-refractivity contribution in [1.82, 2.24) is 24.3 Å². The molecule has 0 N–H and O–H groups in total. The number of piperazine rings is 1. The Labute approximate surface area is 184 Å². The number of carbonyl (C=O) groups is 2. The third-order valence-electron chi connectivity index (χ3n) is 5.47. The minimum absolute atomic E-state index is 0.0398. The molecule has 1 aromatic carbocycles. The Hall–Kier alpha value is -2.43. The van der Waals surface area contributed by atoms with Gasteiger partial charge in [0, 0.05) is 51.7 Å². The first kappa shape index (κ1) is 21.8. The third kappa shape index (κ3) is 5.63. The van der Waals surface area contributed by atoms with Gasteiger partial charge in [-0.15, -0.1) is 0 Å². The van der Waals surface area contributed by atoms with Crippen LogP contribution in [0.15, 0.2) is 41.8 Å². The normalized spacial score (nSPS) is 17.7. The number of benzene rings is 1. The number of hydrogen-bond acceptors (Lipinski definition) is 6. The highest BCUT2D eigenvalue weighted by Crippen LogP contribution is 2.21. The lowest BCUT2D eigenvalue weighted by atomic mass is 10.3. The number of thioether (sulfide) groups is 1. The number of morpholine rings is 1. The summed E-state index contributed by atoms with van der Waals surface area (Å²) in [4.78, 5) is 35.2. The monoisotopic (exact) mass is 447 g/mol. The number of rotatable bonds is 6. The predicted octanol–water partition coefficient (Wildman–Crippen LogP) is 1.11. The number of aromatic nitrogens is 2. The molecule has 2 fully saturated rings. The van der Waals surface area contributed by atoms with Crippen LogP contribution >= 0.6 is 11.8 Å². The molecule has 10 heteroatoms. The summed E-state index contributed by atoms with van der Waals surface area (Å²) in [5.41, 5.74) is 0.672.